The third-order valence-corrected chi connectivity index (χ3v) is 3.72. The Hall–Kier alpha value is -3.28. The van der Waals surface area contributed by atoms with Gasteiger partial charge < -0.3 is 18.9 Å². The van der Waals surface area contributed by atoms with E-state index >= 15 is 0 Å². The van der Waals surface area contributed by atoms with Crippen molar-refractivity contribution in [3.8, 4) is 17.2 Å². The Labute approximate surface area is 151 Å². The highest BCUT2D eigenvalue weighted by molar-refractivity contribution is 6.13. The molecular formula is C20H19NO5. The monoisotopic (exact) mass is 353 g/mol. The minimum Gasteiger partial charge on any atom is -0.494 e. The number of methoxy groups -OCH3 is 2. The SMILES string of the molecule is CCOc1cccc(C=C2N=C(c3ccc(OC)c(OC)c3)OC2=O)c1. The molecular weight excluding hydrogens is 334 g/mol. The van der Waals surface area contributed by atoms with Crippen molar-refractivity contribution in [3.05, 3.63) is 59.3 Å². The topological polar surface area (TPSA) is 66.3 Å². The first-order valence-electron chi connectivity index (χ1n) is 8.12. The van der Waals surface area contributed by atoms with E-state index in [0.29, 0.717) is 23.7 Å². The highest BCUT2D eigenvalue weighted by Gasteiger charge is 2.25. The number of hydrogen-bond acceptors (Lipinski definition) is 6. The summed E-state index contributed by atoms with van der Waals surface area (Å²) in [6.07, 6.45) is 1.67. The first kappa shape index (κ1) is 17.5. The van der Waals surface area contributed by atoms with Crippen LogP contribution in [0.4, 0.5) is 0 Å². The molecule has 2 aromatic carbocycles. The summed E-state index contributed by atoms with van der Waals surface area (Å²) in [6.45, 7) is 2.49. The van der Waals surface area contributed by atoms with Gasteiger partial charge in [-0.25, -0.2) is 9.79 Å². The molecule has 0 fully saturated rings. The summed E-state index contributed by atoms with van der Waals surface area (Å²) >= 11 is 0. The molecule has 0 amide bonds. The number of carbonyl (C=O) groups is 1. The maximum Gasteiger partial charge on any atom is 0.363 e. The summed E-state index contributed by atoms with van der Waals surface area (Å²) in [7, 11) is 3.10. The lowest BCUT2D eigenvalue weighted by Gasteiger charge is -2.08. The third kappa shape index (κ3) is 3.69. The van der Waals surface area contributed by atoms with E-state index in [1.807, 2.05) is 31.2 Å². The molecule has 134 valence electrons. The van der Waals surface area contributed by atoms with Crippen molar-refractivity contribution in [2.45, 2.75) is 6.92 Å². The zero-order valence-corrected chi connectivity index (χ0v) is 14.8. The van der Waals surface area contributed by atoms with Gasteiger partial charge in [0.2, 0.25) is 5.90 Å². The van der Waals surface area contributed by atoms with Gasteiger partial charge in [-0.3, -0.25) is 0 Å². The molecule has 1 aliphatic rings. The van der Waals surface area contributed by atoms with E-state index in [-0.39, 0.29) is 11.6 Å². The van der Waals surface area contributed by atoms with Crippen LogP contribution in [0.2, 0.25) is 0 Å². The summed E-state index contributed by atoms with van der Waals surface area (Å²) in [4.78, 5) is 16.5. The fraction of sp³-hybridized carbons (Fsp3) is 0.200. The zero-order chi connectivity index (χ0) is 18.5. The summed E-state index contributed by atoms with van der Waals surface area (Å²) in [6, 6.07) is 12.6. The predicted molar refractivity (Wildman–Crippen MR) is 97.8 cm³/mol. The molecule has 0 saturated heterocycles. The van der Waals surface area contributed by atoms with E-state index in [0.717, 1.165) is 11.3 Å². The van der Waals surface area contributed by atoms with Crippen LogP contribution in [0.1, 0.15) is 18.1 Å². The Bertz CT molecular complexity index is 886. The Kier molecular flexibility index (Phi) is 5.22. The fourth-order valence-corrected chi connectivity index (χ4v) is 2.52. The maximum absolute atomic E-state index is 12.2. The molecule has 1 heterocycles. The van der Waals surface area contributed by atoms with E-state index in [1.165, 1.54) is 0 Å². The highest BCUT2D eigenvalue weighted by atomic mass is 16.6. The first-order valence-corrected chi connectivity index (χ1v) is 8.12. The largest absolute Gasteiger partial charge is 0.494 e. The molecule has 1 aliphatic heterocycles. The molecule has 0 aromatic heterocycles. The van der Waals surface area contributed by atoms with Crippen LogP contribution in [-0.2, 0) is 9.53 Å². The van der Waals surface area contributed by atoms with Gasteiger partial charge in [-0.2, -0.15) is 0 Å². The number of carbonyl (C=O) groups excluding carboxylic acids is 1. The second-order valence-corrected chi connectivity index (χ2v) is 5.41. The lowest BCUT2D eigenvalue weighted by Crippen LogP contribution is -2.06. The first-order chi connectivity index (χ1) is 12.6. The minimum absolute atomic E-state index is 0.225. The van der Waals surface area contributed by atoms with Crippen molar-refractivity contribution in [1.29, 1.82) is 0 Å². The number of hydrogen-bond donors (Lipinski definition) is 0. The van der Waals surface area contributed by atoms with Crippen molar-refractivity contribution in [3.63, 3.8) is 0 Å². The standard InChI is InChI=1S/C20H19NO5/c1-4-25-15-7-5-6-13(10-15)11-16-20(22)26-19(21-16)14-8-9-17(23-2)18(12-14)24-3/h5-12H,4H2,1-3H3. The summed E-state index contributed by atoms with van der Waals surface area (Å²) in [5.41, 5.74) is 1.66. The Balaban J connectivity index is 1.90. The van der Waals surface area contributed by atoms with Gasteiger partial charge in [0.25, 0.3) is 0 Å². The molecule has 26 heavy (non-hydrogen) atoms. The second kappa shape index (κ2) is 7.74. The van der Waals surface area contributed by atoms with E-state index in [1.54, 1.807) is 38.5 Å². The Morgan fingerprint density at radius 1 is 1.08 bits per heavy atom. The zero-order valence-electron chi connectivity index (χ0n) is 14.8. The molecule has 3 rings (SSSR count). The van der Waals surface area contributed by atoms with Crippen molar-refractivity contribution >= 4 is 17.9 Å². The van der Waals surface area contributed by atoms with Gasteiger partial charge in [0, 0.05) is 5.56 Å². The molecule has 0 aliphatic carbocycles. The number of esters is 1. The maximum atomic E-state index is 12.2. The number of cyclic esters (lactones) is 1. The van der Waals surface area contributed by atoms with Gasteiger partial charge in [0.15, 0.2) is 17.2 Å². The van der Waals surface area contributed by atoms with Crippen LogP contribution >= 0.6 is 0 Å². The summed E-state index contributed by atoms with van der Waals surface area (Å²) < 4.78 is 21.2. The fourth-order valence-electron chi connectivity index (χ4n) is 2.52. The molecule has 0 unspecified atom stereocenters. The number of ether oxygens (including phenoxy) is 4. The van der Waals surface area contributed by atoms with E-state index in [9.17, 15) is 4.79 Å². The minimum atomic E-state index is -0.503. The van der Waals surface area contributed by atoms with Crippen molar-refractivity contribution in [2.75, 3.05) is 20.8 Å². The van der Waals surface area contributed by atoms with Crippen LogP contribution in [-0.4, -0.2) is 32.7 Å². The summed E-state index contributed by atoms with van der Waals surface area (Å²) in [5.74, 6) is 1.58. The molecule has 0 N–H and O–H groups in total. The van der Waals surface area contributed by atoms with Crippen LogP contribution in [0.5, 0.6) is 17.2 Å². The summed E-state index contributed by atoms with van der Waals surface area (Å²) in [5, 5.41) is 0. The normalized spacial score (nSPS) is 14.8. The van der Waals surface area contributed by atoms with Gasteiger partial charge >= 0.3 is 5.97 Å². The number of rotatable bonds is 6. The smallest absolute Gasteiger partial charge is 0.363 e. The quantitative estimate of drug-likeness (QED) is 0.588. The van der Waals surface area contributed by atoms with Gasteiger partial charge in [-0.15, -0.1) is 0 Å². The van der Waals surface area contributed by atoms with Crippen LogP contribution in [0.25, 0.3) is 6.08 Å². The molecule has 6 heteroatoms. The molecule has 0 saturated carbocycles. The second-order valence-electron chi connectivity index (χ2n) is 5.41. The van der Waals surface area contributed by atoms with Gasteiger partial charge in [-0.05, 0) is 48.9 Å². The van der Waals surface area contributed by atoms with E-state index in [2.05, 4.69) is 4.99 Å². The van der Waals surface area contributed by atoms with Crippen LogP contribution in [0.15, 0.2) is 53.2 Å². The lowest BCUT2D eigenvalue weighted by atomic mass is 10.2. The number of nitrogens with zero attached hydrogens (tertiary/aromatic N) is 1. The van der Waals surface area contributed by atoms with Gasteiger partial charge in [0.05, 0.1) is 20.8 Å². The van der Waals surface area contributed by atoms with Crippen LogP contribution in [0, 0.1) is 0 Å². The van der Waals surface area contributed by atoms with Crippen molar-refractivity contribution in [1.82, 2.24) is 0 Å². The third-order valence-electron chi connectivity index (χ3n) is 3.72. The van der Waals surface area contributed by atoms with Crippen LogP contribution < -0.4 is 14.2 Å². The van der Waals surface area contributed by atoms with Crippen LogP contribution in [0.3, 0.4) is 0 Å². The number of benzene rings is 2. The van der Waals surface area contributed by atoms with E-state index < -0.39 is 5.97 Å². The van der Waals surface area contributed by atoms with Crippen molar-refractivity contribution < 1.29 is 23.7 Å². The van der Waals surface area contributed by atoms with Gasteiger partial charge in [0.1, 0.15) is 5.75 Å². The molecule has 0 spiro atoms. The lowest BCUT2D eigenvalue weighted by molar-refractivity contribution is -0.129. The van der Waals surface area contributed by atoms with Gasteiger partial charge in [-0.1, -0.05) is 12.1 Å². The number of aliphatic imine (C=N–C) groups is 1. The molecule has 0 radical (unpaired) electrons. The van der Waals surface area contributed by atoms with E-state index in [4.69, 9.17) is 18.9 Å². The molecule has 0 atom stereocenters. The molecule has 0 bridgehead atoms. The van der Waals surface area contributed by atoms with Crippen molar-refractivity contribution in [2.24, 2.45) is 4.99 Å². The Morgan fingerprint density at radius 2 is 1.88 bits per heavy atom. The molecule has 2 aromatic rings. The average Bonchev–Trinajstić information content (AvgIpc) is 3.02. The highest BCUT2D eigenvalue weighted by Crippen LogP contribution is 2.29. The average molecular weight is 353 g/mol. The molecule has 6 nitrogen and oxygen atoms in total. The predicted octanol–water partition coefficient (Wildman–Crippen LogP) is 3.45. The Morgan fingerprint density at radius 3 is 2.62 bits per heavy atom.